The monoisotopic (exact) mass is 132 g/mol. The van der Waals surface area contributed by atoms with Crippen LogP contribution in [0.3, 0.4) is 0 Å². The van der Waals surface area contributed by atoms with Crippen LogP contribution in [0.15, 0.2) is 6.20 Å². The van der Waals surface area contributed by atoms with Crippen molar-refractivity contribution in [2.24, 2.45) is 0 Å². The Labute approximate surface area is 48.0 Å². The lowest BCUT2D eigenvalue weighted by atomic mass is 10.8. The average molecular weight is 132 g/mol. The van der Waals surface area contributed by atoms with Crippen LogP contribution >= 0.6 is 0 Å². The van der Waals surface area contributed by atoms with Gasteiger partial charge in [-0.3, -0.25) is 0 Å². The Morgan fingerprint density at radius 3 is 2.78 bits per heavy atom. The Hall–Kier alpha value is -1.53. The molecule has 1 rings (SSSR count). The zero-order chi connectivity index (χ0) is 6.85. The van der Waals surface area contributed by atoms with Gasteiger partial charge in [0.1, 0.15) is 5.10 Å². The summed E-state index contributed by atoms with van der Waals surface area (Å²) in [5, 5.41) is 15.3. The minimum Gasteiger partial charge on any atom is -0.358 e. The minimum atomic E-state index is -0.830. The molecule has 0 fully saturated rings. The van der Waals surface area contributed by atoms with E-state index in [-0.39, 0.29) is 4.90 Å². The number of nitrogens with zero attached hydrogens (tertiary/aromatic N) is 4. The topological polar surface area (TPSA) is 73.8 Å². The number of nitro groups is 1. The van der Waals surface area contributed by atoms with Crippen LogP contribution < -0.4 is 0 Å². The highest BCUT2D eigenvalue weighted by Gasteiger charge is 2.10. The van der Waals surface area contributed by atoms with Crippen molar-refractivity contribution in [1.82, 2.24) is 15.2 Å². The van der Waals surface area contributed by atoms with Gasteiger partial charge in [0.2, 0.25) is 0 Å². The second-order valence-corrected chi connectivity index (χ2v) is 1.22. The maximum atomic E-state index is 11.7. The van der Waals surface area contributed by atoms with Crippen molar-refractivity contribution < 1.29 is 9.40 Å². The summed E-state index contributed by atoms with van der Waals surface area (Å²) in [6, 6.07) is 0. The first-order chi connectivity index (χ1) is 4.20. The van der Waals surface area contributed by atoms with Crippen molar-refractivity contribution in [3.63, 3.8) is 0 Å². The fourth-order valence-electron chi connectivity index (χ4n) is 0.319. The van der Waals surface area contributed by atoms with Gasteiger partial charge in [0.25, 0.3) is 0 Å². The molecule has 0 spiro atoms. The maximum Gasteiger partial charge on any atom is 0.413 e. The molecule has 0 aliphatic heterocycles. The Morgan fingerprint density at radius 2 is 2.56 bits per heavy atom. The van der Waals surface area contributed by atoms with Crippen LogP contribution in [0, 0.1) is 10.1 Å². The van der Waals surface area contributed by atoms with Gasteiger partial charge in [-0.2, -0.15) is 0 Å². The van der Waals surface area contributed by atoms with E-state index in [2.05, 4.69) is 10.3 Å². The second kappa shape index (κ2) is 1.77. The summed E-state index contributed by atoms with van der Waals surface area (Å²) in [7, 11) is 0. The smallest absolute Gasteiger partial charge is 0.358 e. The lowest BCUT2D eigenvalue weighted by Crippen LogP contribution is -1.86. The SMILES string of the molecule is O=[N+]([O-])c1cn(F)nn1. The van der Waals surface area contributed by atoms with Crippen LogP contribution in [-0.4, -0.2) is 20.1 Å². The quantitative estimate of drug-likeness (QED) is 0.395. The van der Waals surface area contributed by atoms with Gasteiger partial charge in [0.05, 0.1) is 5.21 Å². The van der Waals surface area contributed by atoms with Crippen molar-refractivity contribution in [3.05, 3.63) is 16.3 Å². The summed E-state index contributed by atoms with van der Waals surface area (Å²) < 4.78 is 11.7. The third-order valence-electron chi connectivity index (χ3n) is 0.642. The first kappa shape index (κ1) is 5.60. The molecule has 0 saturated carbocycles. The highest BCUT2D eigenvalue weighted by Crippen LogP contribution is 2.01. The third kappa shape index (κ3) is 0.983. The Morgan fingerprint density at radius 1 is 1.89 bits per heavy atom. The van der Waals surface area contributed by atoms with Crippen LogP contribution in [0.4, 0.5) is 10.3 Å². The van der Waals surface area contributed by atoms with E-state index in [9.17, 15) is 14.6 Å². The van der Waals surface area contributed by atoms with Crippen molar-refractivity contribution in [3.8, 4) is 0 Å². The highest BCUT2D eigenvalue weighted by atomic mass is 19.2. The molecule has 0 radical (unpaired) electrons. The van der Waals surface area contributed by atoms with Gasteiger partial charge in [-0.1, -0.05) is 9.39 Å². The lowest BCUT2D eigenvalue weighted by molar-refractivity contribution is -0.389. The van der Waals surface area contributed by atoms with Gasteiger partial charge < -0.3 is 10.1 Å². The molecule has 0 saturated heterocycles. The largest absolute Gasteiger partial charge is 0.413 e. The van der Waals surface area contributed by atoms with E-state index < -0.39 is 10.7 Å². The first-order valence-electron chi connectivity index (χ1n) is 1.93. The van der Waals surface area contributed by atoms with Gasteiger partial charge in [-0.05, 0) is 4.92 Å². The van der Waals surface area contributed by atoms with Crippen LogP contribution in [-0.2, 0) is 0 Å². The van der Waals surface area contributed by atoms with E-state index in [1.165, 1.54) is 0 Å². The summed E-state index contributed by atoms with van der Waals surface area (Å²) in [5.74, 6) is -0.600. The molecular weight excluding hydrogens is 131 g/mol. The van der Waals surface area contributed by atoms with Crippen LogP contribution in [0.1, 0.15) is 0 Å². The molecule has 0 amide bonds. The summed E-state index contributed by atoms with van der Waals surface area (Å²) in [6.07, 6.45) is 0.569. The van der Waals surface area contributed by atoms with E-state index in [4.69, 9.17) is 0 Å². The zero-order valence-corrected chi connectivity index (χ0v) is 4.06. The molecule has 7 heteroatoms. The minimum absolute atomic E-state index is 0.224. The fourth-order valence-corrected chi connectivity index (χ4v) is 0.319. The van der Waals surface area contributed by atoms with E-state index >= 15 is 0 Å². The van der Waals surface area contributed by atoms with Gasteiger partial charge in [-0.15, -0.1) is 0 Å². The molecule has 0 bridgehead atoms. The normalized spacial score (nSPS) is 9.44. The molecule has 0 N–H and O–H groups in total. The Balaban J connectivity index is 2.98. The van der Waals surface area contributed by atoms with Crippen LogP contribution in [0.25, 0.3) is 0 Å². The number of hydrogen-bond acceptors (Lipinski definition) is 4. The predicted molar refractivity (Wildman–Crippen MR) is 23.2 cm³/mol. The van der Waals surface area contributed by atoms with Crippen LogP contribution in [0.2, 0.25) is 0 Å². The molecule has 0 aliphatic rings. The summed E-state index contributed by atoms with van der Waals surface area (Å²) in [5.41, 5.74) is 0. The zero-order valence-electron chi connectivity index (χ0n) is 4.06. The molecule has 1 heterocycles. The molecule has 48 valence electrons. The molecule has 0 atom stereocenters. The molecule has 6 nitrogen and oxygen atoms in total. The molecule has 1 aromatic heterocycles. The summed E-state index contributed by atoms with van der Waals surface area (Å²) >= 11 is 0. The maximum absolute atomic E-state index is 11.7. The summed E-state index contributed by atoms with van der Waals surface area (Å²) in [6.45, 7) is 0. The number of aromatic nitrogens is 3. The number of rotatable bonds is 1. The molecule has 1 aromatic rings. The van der Waals surface area contributed by atoms with Crippen molar-refractivity contribution >= 4 is 5.82 Å². The van der Waals surface area contributed by atoms with Gasteiger partial charge in [0, 0.05) is 0 Å². The molecule has 9 heavy (non-hydrogen) atoms. The standard InChI is InChI=1S/C2HFN4O2/c3-6-1-2(4-5-6)7(8)9/h1H. The molecule has 0 unspecified atom stereocenters. The van der Waals surface area contributed by atoms with Crippen LogP contribution in [0.5, 0.6) is 0 Å². The summed E-state index contributed by atoms with van der Waals surface area (Å²) in [4.78, 5) is 8.68. The van der Waals surface area contributed by atoms with Gasteiger partial charge in [0.15, 0.2) is 6.20 Å². The van der Waals surface area contributed by atoms with Gasteiger partial charge in [-0.25, -0.2) is 0 Å². The average Bonchev–Trinajstić information content (AvgIpc) is 2.14. The first-order valence-corrected chi connectivity index (χ1v) is 1.93. The lowest BCUT2D eigenvalue weighted by Gasteiger charge is -1.79. The Kier molecular flexibility index (Phi) is 1.10. The van der Waals surface area contributed by atoms with Crippen molar-refractivity contribution in [2.75, 3.05) is 0 Å². The molecular formula is C2HFN4O2. The van der Waals surface area contributed by atoms with Gasteiger partial charge >= 0.3 is 5.82 Å². The Bertz CT molecular complexity index is 232. The predicted octanol–water partition coefficient (Wildman–Crippen LogP) is -0.0811. The van der Waals surface area contributed by atoms with Crippen molar-refractivity contribution in [1.29, 1.82) is 0 Å². The van der Waals surface area contributed by atoms with Crippen molar-refractivity contribution in [2.45, 2.75) is 0 Å². The van der Waals surface area contributed by atoms with E-state index in [1.54, 1.807) is 0 Å². The molecule has 0 aliphatic carbocycles. The van der Waals surface area contributed by atoms with E-state index in [0.29, 0.717) is 6.20 Å². The van der Waals surface area contributed by atoms with E-state index in [1.807, 2.05) is 0 Å². The third-order valence-corrected chi connectivity index (χ3v) is 0.642. The number of hydrogen-bond donors (Lipinski definition) is 0. The second-order valence-electron chi connectivity index (χ2n) is 1.22. The fraction of sp³-hybridized carbons (Fsp3) is 0. The van der Waals surface area contributed by atoms with E-state index in [0.717, 1.165) is 0 Å². The molecule has 0 aromatic carbocycles. The number of halogens is 1. The highest BCUT2D eigenvalue weighted by molar-refractivity contribution is 5.07.